The van der Waals surface area contributed by atoms with Crippen LogP contribution in [0.2, 0.25) is 0 Å². The first-order chi connectivity index (χ1) is 13.5. The van der Waals surface area contributed by atoms with Crippen LogP contribution in [0.5, 0.6) is 0 Å². The number of aryl methyl sites for hydroxylation is 1. The van der Waals surface area contributed by atoms with Gasteiger partial charge in [-0.2, -0.15) is 10.4 Å². The molecule has 1 aromatic heterocycles. The van der Waals surface area contributed by atoms with E-state index in [9.17, 15) is 10.1 Å². The molecule has 6 nitrogen and oxygen atoms in total. The van der Waals surface area contributed by atoms with Crippen LogP contribution in [0.1, 0.15) is 25.0 Å². The van der Waals surface area contributed by atoms with Gasteiger partial charge in [0.15, 0.2) is 5.82 Å². The van der Waals surface area contributed by atoms with Crippen molar-refractivity contribution >= 4 is 17.4 Å². The number of hydrogen-bond acceptors (Lipinski definition) is 4. The minimum absolute atomic E-state index is 0.142. The van der Waals surface area contributed by atoms with Crippen molar-refractivity contribution in [2.45, 2.75) is 26.8 Å². The maximum Gasteiger partial charge on any atom is 0.245 e. The fraction of sp³-hybridized carbons (Fsp3) is 0.227. The van der Waals surface area contributed by atoms with Gasteiger partial charge in [-0.3, -0.25) is 4.79 Å². The van der Waals surface area contributed by atoms with Crippen LogP contribution in [-0.2, 0) is 4.79 Å². The quantitative estimate of drug-likeness (QED) is 0.711. The molecule has 0 fully saturated rings. The van der Waals surface area contributed by atoms with Crippen molar-refractivity contribution in [2.75, 3.05) is 16.8 Å². The number of hydrogen-bond donors (Lipinski definition) is 1. The highest BCUT2D eigenvalue weighted by Gasteiger charge is 2.19. The van der Waals surface area contributed by atoms with Gasteiger partial charge in [-0.15, -0.1) is 0 Å². The summed E-state index contributed by atoms with van der Waals surface area (Å²) in [5.74, 6) is 0.176. The third kappa shape index (κ3) is 4.21. The van der Waals surface area contributed by atoms with Crippen LogP contribution in [0, 0.1) is 18.3 Å². The highest BCUT2D eigenvalue weighted by atomic mass is 16.2. The van der Waals surface area contributed by atoms with E-state index in [-0.39, 0.29) is 18.5 Å². The monoisotopic (exact) mass is 373 g/mol. The van der Waals surface area contributed by atoms with Gasteiger partial charge in [0, 0.05) is 11.7 Å². The number of aromatic nitrogens is 2. The Labute approximate surface area is 165 Å². The van der Waals surface area contributed by atoms with Crippen LogP contribution in [0.4, 0.5) is 11.5 Å². The van der Waals surface area contributed by atoms with Crippen LogP contribution in [-0.4, -0.2) is 28.3 Å². The van der Waals surface area contributed by atoms with Crippen LogP contribution in [0.15, 0.2) is 60.8 Å². The molecule has 6 heteroatoms. The van der Waals surface area contributed by atoms with Gasteiger partial charge in [0.05, 0.1) is 18.4 Å². The zero-order valence-electron chi connectivity index (χ0n) is 16.3. The maximum absolute atomic E-state index is 12.8. The molecule has 3 aromatic rings. The molecule has 142 valence electrons. The van der Waals surface area contributed by atoms with E-state index in [0.29, 0.717) is 11.4 Å². The van der Waals surface area contributed by atoms with Crippen LogP contribution >= 0.6 is 0 Å². The minimum Gasteiger partial charge on any atom is -0.360 e. The standard InChI is InChI=1S/C22H23N5O/c1-16(2)26(19-11-9-17(3)10-12-19)15-21(28)25-22-18(13-23)14-24-27(22)20-7-5-4-6-8-20/h4-12,14,16H,15H2,1-3H3,(H,25,28). The molecule has 0 radical (unpaired) electrons. The maximum atomic E-state index is 12.8. The second-order valence-corrected chi connectivity index (χ2v) is 6.87. The molecule has 0 aliphatic carbocycles. The number of carbonyl (C=O) groups excluding carboxylic acids is 1. The van der Waals surface area contributed by atoms with Gasteiger partial charge in [-0.05, 0) is 45.0 Å². The lowest BCUT2D eigenvalue weighted by Crippen LogP contribution is -2.38. The summed E-state index contributed by atoms with van der Waals surface area (Å²) in [7, 11) is 0. The molecule has 0 saturated heterocycles. The Morgan fingerprint density at radius 2 is 1.86 bits per heavy atom. The van der Waals surface area contributed by atoms with Crippen molar-refractivity contribution in [2.24, 2.45) is 0 Å². The minimum atomic E-state index is -0.205. The zero-order valence-corrected chi connectivity index (χ0v) is 16.3. The number of nitrogens with zero attached hydrogens (tertiary/aromatic N) is 4. The average molecular weight is 373 g/mol. The number of amides is 1. The van der Waals surface area contributed by atoms with Crippen molar-refractivity contribution in [1.82, 2.24) is 9.78 Å². The first-order valence-corrected chi connectivity index (χ1v) is 9.16. The van der Waals surface area contributed by atoms with Gasteiger partial charge in [0.25, 0.3) is 0 Å². The van der Waals surface area contributed by atoms with E-state index in [0.717, 1.165) is 11.4 Å². The SMILES string of the molecule is Cc1ccc(N(CC(=O)Nc2c(C#N)cnn2-c2ccccc2)C(C)C)cc1. The highest BCUT2D eigenvalue weighted by Crippen LogP contribution is 2.21. The predicted molar refractivity (Wildman–Crippen MR) is 111 cm³/mol. The summed E-state index contributed by atoms with van der Waals surface area (Å²) < 4.78 is 1.57. The Kier molecular flexibility index (Phi) is 5.75. The molecule has 0 bridgehead atoms. The van der Waals surface area contributed by atoms with Crippen LogP contribution in [0.25, 0.3) is 5.69 Å². The molecular weight excluding hydrogens is 350 g/mol. The lowest BCUT2D eigenvalue weighted by Gasteiger charge is -2.28. The van der Waals surface area contributed by atoms with E-state index in [1.165, 1.54) is 11.8 Å². The van der Waals surface area contributed by atoms with Gasteiger partial charge in [0.2, 0.25) is 5.91 Å². The topological polar surface area (TPSA) is 74.0 Å². The lowest BCUT2D eigenvalue weighted by molar-refractivity contribution is -0.115. The molecule has 28 heavy (non-hydrogen) atoms. The Morgan fingerprint density at radius 1 is 1.18 bits per heavy atom. The molecule has 0 atom stereocenters. The van der Waals surface area contributed by atoms with E-state index >= 15 is 0 Å². The van der Waals surface area contributed by atoms with Crippen molar-refractivity contribution < 1.29 is 4.79 Å². The molecule has 1 amide bonds. The number of anilines is 2. The Hall–Kier alpha value is -3.59. The van der Waals surface area contributed by atoms with Gasteiger partial charge >= 0.3 is 0 Å². The summed E-state index contributed by atoms with van der Waals surface area (Å²) >= 11 is 0. The molecule has 2 aromatic carbocycles. The number of benzene rings is 2. The molecule has 0 saturated carbocycles. The largest absolute Gasteiger partial charge is 0.360 e. The van der Waals surface area contributed by atoms with Crippen LogP contribution < -0.4 is 10.2 Å². The predicted octanol–water partition coefficient (Wildman–Crippen LogP) is 3.91. The van der Waals surface area contributed by atoms with Gasteiger partial charge < -0.3 is 10.2 Å². The second-order valence-electron chi connectivity index (χ2n) is 6.87. The molecule has 0 unspecified atom stereocenters. The smallest absolute Gasteiger partial charge is 0.245 e. The normalized spacial score (nSPS) is 10.5. The summed E-state index contributed by atoms with van der Waals surface area (Å²) in [6.07, 6.45) is 1.46. The summed E-state index contributed by atoms with van der Waals surface area (Å²) in [5, 5.41) is 16.5. The van der Waals surface area contributed by atoms with E-state index in [2.05, 4.69) is 16.5 Å². The third-order valence-electron chi connectivity index (χ3n) is 4.45. The molecular formula is C22H23N5O. The number of nitrogens with one attached hydrogen (secondary N) is 1. The Bertz CT molecular complexity index is 984. The van der Waals surface area contributed by atoms with E-state index in [4.69, 9.17) is 0 Å². The highest BCUT2D eigenvalue weighted by molar-refractivity contribution is 5.94. The fourth-order valence-electron chi connectivity index (χ4n) is 2.95. The summed E-state index contributed by atoms with van der Waals surface area (Å²) in [5.41, 5.74) is 3.25. The first-order valence-electron chi connectivity index (χ1n) is 9.16. The summed E-state index contributed by atoms with van der Waals surface area (Å²) in [6.45, 7) is 6.29. The number of rotatable bonds is 6. The van der Waals surface area contributed by atoms with Gasteiger partial charge in [-0.1, -0.05) is 35.9 Å². The molecule has 0 spiro atoms. The van der Waals surface area contributed by atoms with Gasteiger partial charge in [0.1, 0.15) is 11.6 Å². The van der Waals surface area contributed by atoms with E-state index in [1.54, 1.807) is 4.68 Å². The van der Waals surface area contributed by atoms with Crippen molar-refractivity contribution in [1.29, 1.82) is 5.26 Å². The third-order valence-corrected chi connectivity index (χ3v) is 4.45. The molecule has 0 aliphatic rings. The molecule has 3 rings (SSSR count). The lowest BCUT2D eigenvalue weighted by atomic mass is 10.2. The van der Waals surface area contributed by atoms with Gasteiger partial charge in [-0.25, -0.2) is 4.68 Å². The van der Waals surface area contributed by atoms with E-state index < -0.39 is 0 Å². The first kappa shape index (κ1) is 19.2. The number of carbonyl (C=O) groups is 1. The van der Waals surface area contributed by atoms with E-state index in [1.807, 2.05) is 80.3 Å². The zero-order chi connectivity index (χ0) is 20.1. The van der Waals surface area contributed by atoms with Crippen molar-refractivity contribution in [3.63, 3.8) is 0 Å². The molecule has 0 aliphatic heterocycles. The molecule has 1 N–H and O–H groups in total. The summed E-state index contributed by atoms with van der Waals surface area (Å²) in [6, 6.07) is 19.7. The average Bonchev–Trinajstić information content (AvgIpc) is 3.10. The van der Waals surface area contributed by atoms with Crippen molar-refractivity contribution in [3.05, 3.63) is 71.9 Å². The van der Waals surface area contributed by atoms with Crippen LogP contribution in [0.3, 0.4) is 0 Å². The molecule has 1 heterocycles. The number of para-hydroxylation sites is 1. The van der Waals surface area contributed by atoms with Crippen molar-refractivity contribution in [3.8, 4) is 11.8 Å². The summed E-state index contributed by atoms with van der Waals surface area (Å²) in [4.78, 5) is 14.8. The fourth-order valence-corrected chi connectivity index (χ4v) is 2.95. The second kappa shape index (κ2) is 8.40. The Morgan fingerprint density at radius 3 is 2.46 bits per heavy atom. The number of nitriles is 1. The Balaban J connectivity index is 1.83.